The van der Waals surface area contributed by atoms with E-state index in [1.165, 1.54) is 23.4 Å². The number of aryl methyl sites for hydroxylation is 2. The zero-order valence-corrected chi connectivity index (χ0v) is 20.2. The second-order valence-electron chi connectivity index (χ2n) is 8.69. The summed E-state index contributed by atoms with van der Waals surface area (Å²) >= 11 is 1.83. The van der Waals surface area contributed by atoms with Crippen molar-refractivity contribution in [1.82, 2.24) is 4.98 Å². The minimum atomic E-state index is -0.605. The van der Waals surface area contributed by atoms with Crippen LogP contribution < -0.4 is 4.74 Å². The molecular weight excluding hydrogens is 450 g/mol. The van der Waals surface area contributed by atoms with Gasteiger partial charge in [0, 0.05) is 10.4 Å². The summed E-state index contributed by atoms with van der Waals surface area (Å²) in [5.41, 5.74) is 3.91. The predicted molar refractivity (Wildman–Crippen MR) is 130 cm³/mol. The highest BCUT2D eigenvalue weighted by molar-refractivity contribution is 7.15. The Bertz CT molecular complexity index is 1110. The van der Waals surface area contributed by atoms with E-state index in [1.807, 2.05) is 35.6 Å². The number of aromatic nitrogens is 1. The number of rotatable bonds is 9. The van der Waals surface area contributed by atoms with Gasteiger partial charge in [0.2, 0.25) is 0 Å². The number of hydrogen-bond donors (Lipinski definition) is 0. The molecule has 6 nitrogen and oxygen atoms in total. The van der Waals surface area contributed by atoms with Crippen molar-refractivity contribution in [2.45, 2.75) is 44.8 Å². The maximum atomic E-state index is 11.7. The molecule has 0 bridgehead atoms. The van der Waals surface area contributed by atoms with E-state index in [0.29, 0.717) is 26.4 Å². The third-order valence-corrected chi connectivity index (χ3v) is 7.45. The van der Waals surface area contributed by atoms with Crippen molar-refractivity contribution in [2.75, 3.05) is 26.4 Å². The average molecular weight is 480 g/mol. The molecule has 5 rings (SSSR count). The fraction of sp³-hybridized carbons (Fsp3) is 0.407. The normalized spacial score (nSPS) is 16.4. The molecule has 1 aliphatic carbocycles. The van der Waals surface area contributed by atoms with E-state index in [1.54, 1.807) is 6.92 Å². The fourth-order valence-corrected chi connectivity index (χ4v) is 5.46. The molecule has 3 aromatic rings. The summed E-state index contributed by atoms with van der Waals surface area (Å²) in [7, 11) is 0. The lowest BCUT2D eigenvalue weighted by Gasteiger charge is -2.41. The summed E-state index contributed by atoms with van der Waals surface area (Å²) in [6.07, 6.45) is 4.78. The first-order valence-electron chi connectivity index (χ1n) is 11.8. The highest BCUT2D eigenvalue weighted by atomic mass is 32.1. The van der Waals surface area contributed by atoms with E-state index in [0.717, 1.165) is 40.3 Å². The van der Waals surface area contributed by atoms with Gasteiger partial charge in [-0.25, -0.2) is 9.78 Å². The number of carbonyl (C=O) groups is 1. The molecule has 2 heterocycles. The molecule has 0 atom stereocenters. The SMILES string of the molecule is CCOC(=O)COC1(c2ccc(OCc3cccc(-c4nc5c(s4)CCCC5)c3)cc2)COC1. The van der Waals surface area contributed by atoms with Crippen molar-refractivity contribution in [1.29, 1.82) is 0 Å². The minimum Gasteiger partial charge on any atom is -0.489 e. The Kier molecular flexibility index (Phi) is 6.94. The van der Waals surface area contributed by atoms with Crippen LogP contribution in [0.2, 0.25) is 0 Å². The highest BCUT2D eigenvalue weighted by Crippen LogP contribution is 2.35. The van der Waals surface area contributed by atoms with E-state index < -0.39 is 5.60 Å². The summed E-state index contributed by atoms with van der Waals surface area (Å²) in [6.45, 7) is 3.34. The van der Waals surface area contributed by atoms with Crippen molar-refractivity contribution in [3.05, 3.63) is 70.2 Å². The van der Waals surface area contributed by atoms with Crippen molar-refractivity contribution in [3.8, 4) is 16.3 Å². The van der Waals surface area contributed by atoms with Crippen LogP contribution in [0.1, 0.15) is 41.5 Å². The molecule has 0 spiro atoms. The van der Waals surface area contributed by atoms with Gasteiger partial charge in [0.05, 0.1) is 25.5 Å². The molecular formula is C27H29NO5S. The molecule has 0 N–H and O–H groups in total. The van der Waals surface area contributed by atoms with Crippen LogP contribution in [-0.4, -0.2) is 37.4 Å². The Morgan fingerprint density at radius 2 is 1.94 bits per heavy atom. The van der Waals surface area contributed by atoms with Gasteiger partial charge >= 0.3 is 5.97 Å². The first-order valence-corrected chi connectivity index (χ1v) is 12.7. The van der Waals surface area contributed by atoms with Crippen LogP contribution in [0.5, 0.6) is 5.75 Å². The van der Waals surface area contributed by atoms with Gasteiger partial charge in [-0.2, -0.15) is 0 Å². The van der Waals surface area contributed by atoms with Crippen molar-refractivity contribution in [3.63, 3.8) is 0 Å². The smallest absolute Gasteiger partial charge is 0.332 e. The van der Waals surface area contributed by atoms with E-state index in [2.05, 4.69) is 24.3 Å². The first kappa shape index (κ1) is 23.0. The fourth-order valence-electron chi connectivity index (χ4n) is 4.31. The molecule has 1 aromatic heterocycles. The lowest BCUT2D eigenvalue weighted by atomic mass is 9.91. The van der Waals surface area contributed by atoms with Crippen LogP contribution in [0, 0.1) is 0 Å². The maximum Gasteiger partial charge on any atom is 0.332 e. The van der Waals surface area contributed by atoms with Gasteiger partial charge in [-0.05, 0) is 61.9 Å². The lowest BCUT2D eigenvalue weighted by Crippen LogP contribution is -2.49. The number of nitrogens with zero attached hydrogens (tertiary/aromatic N) is 1. The molecule has 7 heteroatoms. The van der Waals surface area contributed by atoms with Crippen molar-refractivity contribution in [2.24, 2.45) is 0 Å². The van der Waals surface area contributed by atoms with Gasteiger partial charge in [-0.3, -0.25) is 0 Å². The second-order valence-corrected chi connectivity index (χ2v) is 9.77. The van der Waals surface area contributed by atoms with Crippen LogP contribution in [0.4, 0.5) is 0 Å². The molecule has 34 heavy (non-hydrogen) atoms. The summed E-state index contributed by atoms with van der Waals surface area (Å²) in [4.78, 5) is 18.0. The number of ether oxygens (including phenoxy) is 4. The molecule has 0 unspecified atom stereocenters. The average Bonchev–Trinajstić information content (AvgIpc) is 3.28. The molecule has 1 saturated heterocycles. The summed E-state index contributed by atoms with van der Waals surface area (Å²) < 4.78 is 22.3. The molecule has 0 amide bonds. The molecule has 2 aliphatic rings. The van der Waals surface area contributed by atoms with Crippen LogP contribution in [0.25, 0.3) is 10.6 Å². The van der Waals surface area contributed by atoms with Crippen molar-refractivity contribution < 1.29 is 23.7 Å². The molecule has 1 aliphatic heterocycles. The van der Waals surface area contributed by atoms with Gasteiger partial charge in [0.15, 0.2) is 0 Å². The second kappa shape index (κ2) is 10.3. The number of thiazole rings is 1. The number of carbonyl (C=O) groups excluding carboxylic acids is 1. The Morgan fingerprint density at radius 1 is 1.12 bits per heavy atom. The Morgan fingerprint density at radius 3 is 2.68 bits per heavy atom. The third kappa shape index (κ3) is 5.02. The quantitative estimate of drug-likeness (QED) is 0.399. The van der Waals surface area contributed by atoms with Crippen molar-refractivity contribution >= 4 is 17.3 Å². The monoisotopic (exact) mass is 479 g/mol. The number of esters is 1. The summed E-state index contributed by atoms with van der Waals surface area (Å²) in [5.74, 6) is 0.411. The molecule has 0 radical (unpaired) electrons. The first-order chi connectivity index (χ1) is 16.6. The van der Waals surface area contributed by atoms with Crippen LogP contribution in [0.15, 0.2) is 48.5 Å². The lowest BCUT2D eigenvalue weighted by molar-refractivity contribution is -0.221. The van der Waals surface area contributed by atoms with Gasteiger partial charge in [-0.15, -0.1) is 11.3 Å². The van der Waals surface area contributed by atoms with Gasteiger partial charge in [0.1, 0.15) is 29.6 Å². The van der Waals surface area contributed by atoms with E-state index >= 15 is 0 Å². The van der Waals surface area contributed by atoms with Crippen LogP contribution >= 0.6 is 11.3 Å². The predicted octanol–water partition coefficient (Wildman–Crippen LogP) is 5.07. The Hall–Kier alpha value is -2.74. The third-order valence-electron chi connectivity index (χ3n) is 6.25. The molecule has 1 fully saturated rings. The number of hydrogen-bond acceptors (Lipinski definition) is 7. The van der Waals surface area contributed by atoms with E-state index in [9.17, 15) is 4.79 Å². The Labute approximate surface area is 203 Å². The van der Waals surface area contributed by atoms with Crippen LogP contribution in [0.3, 0.4) is 0 Å². The van der Waals surface area contributed by atoms with E-state index in [4.69, 9.17) is 23.9 Å². The van der Waals surface area contributed by atoms with Crippen LogP contribution in [-0.2, 0) is 44.1 Å². The molecule has 2 aromatic carbocycles. The minimum absolute atomic E-state index is 0.0894. The standard InChI is InChI=1S/C27H29NO5S/c1-2-31-25(29)16-33-27(17-30-18-27)21-10-12-22(13-11-21)32-15-19-6-5-7-20(14-19)26-28-23-8-3-4-9-24(23)34-26/h5-7,10-14H,2-4,8-9,15-18H2,1H3. The largest absolute Gasteiger partial charge is 0.489 e. The molecule has 178 valence electrons. The topological polar surface area (TPSA) is 66.9 Å². The molecule has 0 saturated carbocycles. The van der Waals surface area contributed by atoms with Gasteiger partial charge < -0.3 is 18.9 Å². The van der Waals surface area contributed by atoms with Gasteiger partial charge in [-0.1, -0.05) is 30.3 Å². The van der Waals surface area contributed by atoms with E-state index in [-0.39, 0.29) is 12.6 Å². The highest BCUT2D eigenvalue weighted by Gasteiger charge is 2.42. The zero-order valence-electron chi connectivity index (χ0n) is 19.4. The summed E-state index contributed by atoms with van der Waals surface area (Å²) in [6, 6.07) is 16.2. The maximum absolute atomic E-state index is 11.7. The zero-order chi connectivity index (χ0) is 23.4. The number of benzene rings is 2. The Balaban J connectivity index is 1.21. The summed E-state index contributed by atoms with van der Waals surface area (Å²) in [5, 5.41) is 1.11. The van der Waals surface area contributed by atoms with Gasteiger partial charge in [0.25, 0.3) is 0 Å². The number of fused-ring (bicyclic) bond motifs is 1.